The zero-order chi connectivity index (χ0) is 9.84. The summed E-state index contributed by atoms with van der Waals surface area (Å²) >= 11 is 3.55. The summed E-state index contributed by atoms with van der Waals surface area (Å²) in [6.07, 6.45) is 2.77. The number of piperidine rings is 1. The Hall–Kier alpha value is 0.440. The van der Waals surface area contributed by atoms with Crippen molar-refractivity contribution in [3.63, 3.8) is 0 Å². The monoisotopic (exact) mass is 247 g/mol. The lowest BCUT2D eigenvalue weighted by Gasteiger charge is -2.37. The van der Waals surface area contributed by atoms with E-state index in [-0.39, 0.29) is 0 Å². The summed E-state index contributed by atoms with van der Waals surface area (Å²) in [6.45, 7) is 9.64. The molecule has 0 spiro atoms. The summed E-state index contributed by atoms with van der Waals surface area (Å²) in [5.74, 6) is 1.72. The Balaban J connectivity index is 2.33. The highest BCUT2D eigenvalue weighted by atomic mass is 79.9. The Kier molecular flexibility index (Phi) is 4.74. The van der Waals surface area contributed by atoms with E-state index in [1.165, 1.54) is 25.9 Å². The number of hydrogen-bond acceptors (Lipinski definition) is 1. The van der Waals surface area contributed by atoms with Gasteiger partial charge in [0.1, 0.15) is 0 Å². The van der Waals surface area contributed by atoms with Crippen molar-refractivity contribution in [2.24, 2.45) is 11.8 Å². The predicted molar refractivity (Wildman–Crippen MR) is 62.4 cm³/mol. The Bertz CT molecular complexity index is 149. The van der Waals surface area contributed by atoms with Gasteiger partial charge in [-0.05, 0) is 38.1 Å². The molecular weight excluding hydrogens is 226 g/mol. The molecule has 0 N–H and O–H groups in total. The summed E-state index contributed by atoms with van der Waals surface area (Å²) in [5, 5.41) is 1.13. The molecule has 1 aliphatic heterocycles. The van der Waals surface area contributed by atoms with E-state index < -0.39 is 0 Å². The van der Waals surface area contributed by atoms with Crippen molar-refractivity contribution in [1.29, 1.82) is 0 Å². The molecule has 78 valence electrons. The molecule has 0 aromatic carbocycles. The first kappa shape index (κ1) is 11.5. The molecule has 13 heavy (non-hydrogen) atoms. The van der Waals surface area contributed by atoms with E-state index in [9.17, 15) is 0 Å². The second kappa shape index (κ2) is 5.35. The number of rotatable bonds is 3. The highest BCUT2D eigenvalue weighted by molar-refractivity contribution is 9.09. The normalized spacial score (nSPS) is 33.2. The van der Waals surface area contributed by atoms with E-state index in [2.05, 4.69) is 41.6 Å². The Morgan fingerprint density at radius 2 is 2.15 bits per heavy atom. The van der Waals surface area contributed by atoms with Gasteiger partial charge in [0.25, 0.3) is 0 Å². The van der Waals surface area contributed by atoms with Gasteiger partial charge in [-0.15, -0.1) is 0 Å². The van der Waals surface area contributed by atoms with Gasteiger partial charge < -0.3 is 4.90 Å². The highest BCUT2D eigenvalue weighted by Gasteiger charge is 2.23. The topological polar surface area (TPSA) is 3.24 Å². The van der Waals surface area contributed by atoms with Gasteiger partial charge in [-0.25, -0.2) is 0 Å². The SMILES string of the molecule is CC(CBr)CN1CC[C@H](C)C[C@@H]1C. The highest BCUT2D eigenvalue weighted by Crippen LogP contribution is 2.22. The van der Waals surface area contributed by atoms with Crippen LogP contribution in [-0.4, -0.2) is 29.4 Å². The quantitative estimate of drug-likeness (QED) is 0.693. The third-order valence-corrected chi connectivity index (χ3v) is 4.19. The van der Waals surface area contributed by atoms with E-state index >= 15 is 0 Å². The van der Waals surface area contributed by atoms with E-state index in [0.29, 0.717) is 0 Å². The van der Waals surface area contributed by atoms with E-state index in [1.807, 2.05) is 0 Å². The van der Waals surface area contributed by atoms with Crippen molar-refractivity contribution < 1.29 is 0 Å². The zero-order valence-electron chi connectivity index (χ0n) is 9.09. The molecule has 1 unspecified atom stereocenters. The average Bonchev–Trinajstić information content (AvgIpc) is 2.09. The first-order valence-electron chi connectivity index (χ1n) is 5.43. The molecule has 1 aliphatic rings. The second-order valence-corrected chi connectivity index (χ2v) is 5.38. The molecule has 0 radical (unpaired) electrons. The van der Waals surface area contributed by atoms with E-state index in [4.69, 9.17) is 0 Å². The van der Waals surface area contributed by atoms with Crippen LogP contribution in [0.5, 0.6) is 0 Å². The van der Waals surface area contributed by atoms with Gasteiger partial charge in [-0.2, -0.15) is 0 Å². The van der Waals surface area contributed by atoms with Gasteiger partial charge in [-0.1, -0.05) is 29.8 Å². The molecule has 0 aliphatic carbocycles. The molecule has 1 rings (SSSR count). The summed E-state index contributed by atoms with van der Waals surface area (Å²) in [5.41, 5.74) is 0. The maximum Gasteiger partial charge on any atom is 0.00695 e. The molecule has 2 heteroatoms. The van der Waals surface area contributed by atoms with Gasteiger partial charge >= 0.3 is 0 Å². The maximum absolute atomic E-state index is 3.55. The van der Waals surface area contributed by atoms with Gasteiger partial charge in [0.2, 0.25) is 0 Å². The summed E-state index contributed by atoms with van der Waals surface area (Å²) in [4.78, 5) is 2.64. The van der Waals surface area contributed by atoms with Crippen LogP contribution in [0.4, 0.5) is 0 Å². The van der Waals surface area contributed by atoms with Crippen molar-refractivity contribution >= 4 is 15.9 Å². The second-order valence-electron chi connectivity index (χ2n) is 4.73. The largest absolute Gasteiger partial charge is 0.300 e. The van der Waals surface area contributed by atoms with Crippen molar-refractivity contribution in [3.05, 3.63) is 0 Å². The van der Waals surface area contributed by atoms with Gasteiger partial charge in [-0.3, -0.25) is 0 Å². The molecule has 1 nitrogen and oxygen atoms in total. The number of likely N-dealkylation sites (tertiary alicyclic amines) is 1. The van der Waals surface area contributed by atoms with Crippen LogP contribution in [0.3, 0.4) is 0 Å². The molecule has 3 atom stereocenters. The van der Waals surface area contributed by atoms with Crippen molar-refractivity contribution in [1.82, 2.24) is 4.90 Å². The third-order valence-electron chi connectivity index (χ3n) is 3.09. The van der Waals surface area contributed by atoms with Crippen molar-refractivity contribution in [2.75, 3.05) is 18.4 Å². The third kappa shape index (κ3) is 3.59. The number of halogens is 1. The molecule has 1 heterocycles. The summed E-state index contributed by atoms with van der Waals surface area (Å²) in [7, 11) is 0. The van der Waals surface area contributed by atoms with Crippen LogP contribution < -0.4 is 0 Å². The van der Waals surface area contributed by atoms with Crippen molar-refractivity contribution in [3.8, 4) is 0 Å². The van der Waals surface area contributed by atoms with Crippen LogP contribution in [-0.2, 0) is 0 Å². The average molecular weight is 248 g/mol. The standard InChI is InChI=1S/C11H22BrN/c1-9-4-5-13(11(3)6-9)8-10(2)7-12/h9-11H,4-8H2,1-3H3/t9-,10?,11-/m0/s1. The first-order chi connectivity index (χ1) is 6.13. The van der Waals surface area contributed by atoms with Crippen LogP contribution >= 0.6 is 15.9 Å². The van der Waals surface area contributed by atoms with Crippen LogP contribution in [0.25, 0.3) is 0 Å². The van der Waals surface area contributed by atoms with Gasteiger partial charge in [0.05, 0.1) is 0 Å². The minimum absolute atomic E-state index is 0.788. The maximum atomic E-state index is 3.55. The number of nitrogens with zero attached hydrogens (tertiary/aromatic N) is 1. The summed E-state index contributed by atoms with van der Waals surface area (Å²) < 4.78 is 0. The number of hydrogen-bond donors (Lipinski definition) is 0. The van der Waals surface area contributed by atoms with Crippen LogP contribution in [0.2, 0.25) is 0 Å². The molecule has 0 aromatic heterocycles. The van der Waals surface area contributed by atoms with E-state index in [0.717, 1.165) is 23.2 Å². The fourth-order valence-corrected chi connectivity index (χ4v) is 2.38. The summed E-state index contributed by atoms with van der Waals surface area (Å²) in [6, 6.07) is 0.797. The lowest BCUT2D eigenvalue weighted by atomic mass is 9.93. The molecule has 0 saturated carbocycles. The molecule has 0 aromatic rings. The van der Waals surface area contributed by atoms with E-state index in [1.54, 1.807) is 0 Å². The Morgan fingerprint density at radius 3 is 2.69 bits per heavy atom. The fourth-order valence-electron chi connectivity index (χ4n) is 2.18. The minimum Gasteiger partial charge on any atom is -0.300 e. The van der Waals surface area contributed by atoms with Crippen LogP contribution in [0.1, 0.15) is 33.6 Å². The molecule has 1 fully saturated rings. The number of alkyl halides is 1. The fraction of sp³-hybridized carbons (Fsp3) is 1.00. The Morgan fingerprint density at radius 1 is 1.46 bits per heavy atom. The van der Waals surface area contributed by atoms with Gasteiger partial charge in [0, 0.05) is 17.9 Å². The van der Waals surface area contributed by atoms with Crippen LogP contribution in [0, 0.1) is 11.8 Å². The molecule has 0 amide bonds. The molecular formula is C11H22BrN. The van der Waals surface area contributed by atoms with Gasteiger partial charge in [0.15, 0.2) is 0 Å². The lowest BCUT2D eigenvalue weighted by Crippen LogP contribution is -2.42. The Labute approximate surface area is 91.0 Å². The van der Waals surface area contributed by atoms with Crippen molar-refractivity contribution in [2.45, 2.75) is 39.7 Å². The van der Waals surface area contributed by atoms with Crippen LogP contribution in [0.15, 0.2) is 0 Å². The minimum atomic E-state index is 0.788. The predicted octanol–water partition coefficient (Wildman–Crippen LogP) is 3.14. The zero-order valence-corrected chi connectivity index (χ0v) is 10.7. The smallest absolute Gasteiger partial charge is 0.00695 e. The molecule has 1 saturated heterocycles. The lowest BCUT2D eigenvalue weighted by molar-refractivity contribution is 0.117. The molecule has 0 bridgehead atoms. The first-order valence-corrected chi connectivity index (χ1v) is 6.55.